The molecule has 0 aromatic carbocycles. The average Bonchev–Trinajstić information content (AvgIpc) is 2.73. The SMILES string of the molecule is CC1Cc2nn3c(c2CN1C(=O)O)C(F)(F)CCC(CN)C3. The van der Waals surface area contributed by atoms with Crippen LogP contribution in [-0.4, -0.2) is 38.5 Å². The maximum Gasteiger partial charge on any atom is 0.407 e. The lowest BCUT2D eigenvalue weighted by atomic mass is 9.96. The molecule has 0 spiro atoms. The Balaban J connectivity index is 2.06. The van der Waals surface area contributed by atoms with Gasteiger partial charge < -0.3 is 15.7 Å². The summed E-state index contributed by atoms with van der Waals surface area (Å²) in [5.74, 6) is -3.02. The maximum absolute atomic E-state index is 14.5. The summed E-state index contributed by atoms with van der Waals surface area (Å²) in [5.41, 5.74) is 6.51. The number of alkyl halides is 2. The van der Waals surface area contributed by atoms with Crippen molar-refractivity contribution in [3.05, 3.63) is 17.0 Å². The zero-order chi connectivity index (χ0) is 16.1. The van der Waals surface area contributed by atoms with Crippen molar-refractivity contribution in [3.8, 4) is 0 Å². The second-order valence-electron chi connectivity index (χ2n) is 6.26. The largest absolute Gasteiger partial charge is 0.465 e. The third-order valence-corrected chi connectivity index (χ3v) is 4.71. The van der Waals surface area contributed by atoms with Gasteiger partial charge in [-0.2, -0.15) is 13.9 Å². The van der Waals surface area contributed by atoms with E-state index in [-0.39, 0.29) is 30.6 Å². The summed E-state index contributed by atoms with van der Waals surface area (Å²) in [6, 6.07) is -0.261. The second kappa shape index (κ2) is 5.19. The summed E-state index contributed by atoms with van der Waals surface area (Å²) in [6.45, 7) is 2.46. The van der Waals surface area contributed by atoms with Crippen LogP contribution in [0.2, 0.25) is 0 Å². The molecule has 0 bridgehead atoms. The molecule has 22 heavy (non-hydrogen) atoms. The van der Waals surface area contributed by atoms with E-state index in [0.29, 0.717) is 37.2 Å². The summed E-state index contributed by atoms with van der Waals surface area (Å²) in [7, 11) is 0. The molecule has 2 unspecified atom stereocenters. The molecule has 2 aliphatic rings. The first kappa shape index (κ1) is 15.2. The number of carboxylic acid groups (broad SMARTS) is 1. The third kappa shape index (κ3) is 2.35. The van der Waals surface area contributed by atoms with Crippen molar-refractivity contribution >= 4 is 6.09 Å². The van der Waals surface area contributed by atoms with E-state index in [4.69, 9.17) is 5.73 Å². The van der Waals surface area contributed by atoms with Gasteiger partial charge in [-0.25, -0.2) is 4.79 Å². The number of hydrogen-bond donors (Lipinski definition) is 2. The van der Waals surface area contributed by atoms with Crippen molar-refractivity contribution in [3.63, 3.8) is 0 Å². The standard InChI is InChI=1S/C14H20F2N4O2/c1-8-4-11-10(7-19(8)13(21)22)12-14(15,16)3-2-9(5-17)6-20(12)18-11/h8-9H,2-7,17H2,1H3,(H,21,22). The van der Waals surface area contributed by atoms with Crippen LogP contribution >= 0.6 is 0 Å². The number of rotatable bonds is 1. The Bertz CT molecular complexity index is 602. The molecule has 6 nitrogen and oxygen atoms in total. The minimum absolute atomic E-state index is 0.0238. The van der Waals surface area contributed by atoms with Crippen LogP contribution in [0, 0.1) is 5.92 Å². The normalized spacial score (nSPS) is 27.0. The molecule has 0 saturated heterocycles. The lowest BCUT2D eigenvalue weighted by molar-refractivity contribution is -0.0220. The molecule has 0 fully saturated rings. The predicted molar refractivity (Wildman–Crippen MR) is 74.6 cm³/mol. The number of nitrogens with two attached hydrogens (primary N) is 1. The van der Waals surface area contributed by atoms with Gasteiger partial charge >= 0.3 is 6.09 Å². The van der Waals surface area contributed by atoms with Crippen molar-refractivity contribution < 1.29 is 18.7 Å². The van der Waals surface area contributed by atoms with Crippen LogP contribution in [0.3, 0.4) is 0 Å². The maximum atomic E-state index is 14.5. The quantitative estimate of drug-likeness (QED) is 0.827. The van der Waals surface area contributed by atoms with Gasteiger partial charge in [0.25, 0.3) is 5.92 Å². The van der Waals surface area contributed by atoms with E-state index in [9.17, 15) is 18.7 Å². The van der Waals surface area contributed by atoms with E-state index in [0.717, 1.165) is 0 Å². The number of aromatic nitrogens is 2. The Morgan fingerprint density at radius 1 is 1.55 bits per heavy atom. The Morgan fingerprint density at radius 3 is 2.91 bits per heavy atom. The third-order valence-electron chi connectivity index (χ3n) is 4.71. The molecule has 3 heterocycles. The van der Waals surface area contributed by atoms with Gasteiger partial charge in [-0.3, -0.25) is 4.68 Å². The molecule has 2 atom stereocenters. The first-order valence-electron chi connectivity index (χ1n) is 7.50. The first-order chi connectivity index (χ1) is 10.3. The van der Waals surface area contributed by atoms with Crippen LogP contribution in [-0.2, 0) is 25.4 Å². The van der Waals surface area contributed by atoms with Crippen molar-refractivity contribution in [1.82, 2.24) is 14.7 Å². The van der Waals surface area contributed by atoms with E-state index in [1.54, 1.807) is 6.92 Å². The minimum atomic E-state index is -2.99. The van der Waals surface area contributed by atoms with Gasteiger partial charge in [0.1, 0.15) is 5.69 Å². The van der Waals surface area contributed by atoms with Crippen LogP contribution in [0.5, 0.6) is 0 Å². The Morgan fingerprint density at radius 2 is 2.27 bits per heavy atom. The zero-order valence-corrected chi connectivity index (χ0v) is 12.4. The van der Waals surface area contributed by atoms with Gasteiger partial charge in [0.15, 0.2) is 0 Å². The van der Waals surface area contributed by atoms with Crippen molar-refractivity contribution in [2.75, 3.05) is 6.54 Å². The first-order valence-corrected chi connectivity index (χ1v) is 7.50. The van der Waals surface area contributed by atoms with Crippen molar-refractivity contribution in [1.29, 1.82) is 0 Å². The highest BCUT2D eigenvalue weighted by Crippen LogP contribution is 2.42. The van der Waals surface area contributed by atoms with E-state index in [2.05, 4.69) is 5.10 Å². The highest BCUT2D eigenvalue weighted by molar-refractivity contribution is 5.66. The lowest BCUT2D eigenvalue weighted by Crippen LogP contribution is -2.42. The van der Waals surface area contributed by atoms with Gasteiger partial charge in [-0.05, 0) is 25.8 Å². The predicted octanol–water partition coefficient (Wildman–Crippen LogP) is 1.77. The fourth-order valence-corrected chi connectivity index (χ4v) is 3.42. The summed E-state index contributed by atoms with van der Waals surface area (Å²) >= 11 is 0. The Hall–Kier alpha value is -1.70. The van der Waals surface area contributed by atoms with E-state index >= 15 is 0 Å². The van der Waals surface area contributed by atoms with Gasteiger partial charge in [-0.1, -0.05) is 0 Å². The zero-order valence-electron chi connectivity index (χ0n) is 12.4. The van der Waals surface area contributed by atoms with E-state index in [1.807, 2.05) is 0 Å². The number of nitrogens with zero attached hydrogens (tertiary/aromatic N) is 3. The lowest BCUT2D eigenvalue weighted by Gasteiger charge is -2.31. The second-order valence-corrected chi connectivity index (χ2v) is 6.26. The molecule has 8 heteroatoms. The fraction of sp³-hybridized carbons (Fsp3) is 0.714. The molecule has 3 N–H and O–H groups in total. The fourth-order valence-electron chi connectivity index (χ4n) is 3.42. The van der Waals surface area contributed by atoms with Crippen LogP contribution in [0.4, 0.5) is 13.6 Å². The van der Waals surface area contributed by atoms with Crippen LogP contribution in [0.25, 0.3) is 0 Å². The number of amides is 1. The molecule has 1 aromatic rings. The smallest absolute Gasteiger partial charge is 0.407 e. The average molecular weight is 314 g/mol. The van der Waals surface area contributed by atoms with Crippen molar-refractivity contribution in [2.45, 2.75) is 51.2 Å². The molecular weight excluding hydrogens is 294 g/mol. The minimum Gasteiger partial charge on any atom is -0.465 e. The topological polar surface area (TPSA) is 84.4 Å². The number of hydrogen-bond acceptors (Lipinski definition) is 3. The molecule has 2 aliphatic heterocycles. The molecule has 122 valence electrons. The molecular formula is C14H20F2N4O2. The molecule has 0 aliphatic carbocycles. The molecule has 1 amide bonds. The Labute approximate surface area is 126 Å². The summed E-state index contributed by atoms with van der Waals surface area (Å²) in [5, 5.41) is 13.6. The summed E-state index contributed by atoms with van der Waals surface area (Å²) in [4.78, 5) is 12.5. The van der Waals surface area contributed by atoms with Gasteiger partial charge in [-0.15, -0.1) is 0 Å². The van der Waals surface area contributed by atoms with Crippen LogP contribution in [0.15, 0.2) is 0 Å². The molecule has 3 rings (SSSR count). The molecule has 0 saturated carbocycles. The number of halogens is 2. The van der Waals surface area contributed by atoms with Crippen LogP contribution < -0.4 is 5.73 Å². The summed E-state index contributed by atoms with van der Waals surface area (Å²) < 4.78 is 30.5. The highest BCUT2D eigenvalue weighted by Gasteiger charge is 2.44. The molecule has 1 aromatic heterocycles. The van der Waals surface area contributed by atoms with Gasteiger partial charge in [0.2, 0.25) is 0 Å². The van der Waals surface area contributed by atoms with Gasteiger partial charge in [0, 0.05) is 31.0 Å². The van der Waals surface area contributed by atoms with Crippen LogP contribution in [0.1, 0.15) is 36.7 Å². The number of fused-ring (bicyclic) bond motifs is 3. The van der Waals surface area contributed by atoms with E-state index in [1.165, 1.54) is 9.58 Å². The Kier molecular flexibility index (Phi) is 3.58. The molecule has 0 radical (unpaired) electrons. The summed E-state index contributed by atoms with van der Waals surface area (Å²) in [6.07, 6.45) is -0.642. The van der Waals surface area contributed by atoms with Crippen molar-refractivity contribution in [2.24, 2.45) is 11.7 Å². The number of carbonyl (C=O) groups is 1. The highest BCUT2D eigenvalue weighted by atomic mass is 19.3. The van der Waals surface area contributed by atoms with E-state index < -0.39 is 12.0 Å². The van der Waals surface area contributed by atoms with Gasteiger partial charge in [0.05, 0.1) is 12.2 Å². The monoisotopic (exact) mass is 314 g/mol.